The van der Waals surface area contributed by atoms with Gasteiger partial charge in [0.25, 0.3) is 0 Å². The van der Waals surface area contributed by atoms with Crippen molar-refractivity contribution in [2.45, 2.75) is 26.4 Å². The van der Waals surface area contributed by atoms with Gasteiger partial charge in [0, 0.05) is 24.9 Å². The van der Waals surface area contributed by atoms with Gasteiger partial charge in [-0.2, -0.15) is 5.10 Å². The van der Waals surface area contributed by atoms with E-state index >= 15 is 0 Å². The fourth-order valence-electron chi connectivity index (χ4n) is 2.91. The quantitative estimate of drug-likeness (QED) is 0.663. The van der Waals surface area contributed by atoms with Crippen molar-refractivity contribution in [2.24, 2.45) is 0 Å². The lowest BCUT2D eigenvalue weighted by Gasteiger charge is -2.21. The minimum absolute atomic E-state index is 0.142. The number of ether oxygens (including phenoxy) is 1. The molecule has 5 heteroatoms. The molecule has 0 fully saturated rings. The largest absolute Gasteiger partial charge is 0.497 e. The molecule has 0 saturated carbocycles. The summed E-state index contributed by atoms with van der Waals surface area (Å²) in [6.45, 7) is 3.92. The molecule has 5 nitrogen and oxygen atoms in total. The van der Waals surface area contributed by atoms with Crippen LogP contribution in [0.1, 0.15) is 18.9 Å². The summed E-state index contributed by atoms with van der Waals surface area (Å²) in [4.78, 5) is 14.5. The van der Waals surface area contributed by atoms with E-state index < -0.39 is 0 Å². The number of amides is 1. The molecule has 0 spiro atoms. The van der Waals surface area contributed by atoms with Crippen molar-refractivity contribution in [1.29, 1.82) is 0 Å². The Hall–Kier alpha value is -2.82. The molecule has 130 valence electrons. The van der Waals surface area contributed by atoms with Crippen molar-refractivity contribution in [2.75, 3.05) is 13.7 Å². The number of aryl methyl sites for hydroxylation is 1. The number of benzene rings is 2. The van der Waals surface area contributed by atoms with E-state index in [4.69, 9.17) is 4.74 Å². The van der Waals surface area contributed by atoms with Crippen molar-refractivity contribution in [3.63, 3.8) is 0 Å². The lowest BCUT2D eigenvalue weighted by molar-refractivity contribution is -0.131. The molecule has 0 aliphatic rings. The van der Waals surface area contributed by atoms with Crippen LogP contribution in [0.4, 0.5) is 0 Å². The molecule has 0 N–H and O–H groups in total. The first-order valence-corrected chi connectivity index (χ1v) is 8.52. The molecule has 1 aromatic heterocycles. The zero-order chi connectivity index (χ0) is 17.6. The second kappa shape index (κ2) is 7.83. The molecule has 0 radical (unpaired) electrons. The Morgan fingerprint density at radius 3 is 2.72 bits per heavy atom. The Morgan fingerprint density at radius 1 is 1.20 bits per heavy atom. The molecular formula is C20H23N3O2. The van der Waals surface area contributed by atoms with Crippen LogP contribution >= 0.6 is 0 Å². The predicted octanol–water partition coefficient (Wildman–Crippen LogP) is 3.48. The van der Waals surface area contributed by atoms with Crippen LogP contribution in [-0.2, 0) is 17.9 Å². The maximum absolute atomic E-state index is 12.6. The Balaban J connectivity index is 1.65. The molecule has 2 aromatic carbocycles. The minimum atomic E-state index is 0.142. The van der Waals surface area contributed by atoms with E-state index in [0.717, 1.165) is 22.2 Å². The average molecular weight is 337 g/mol. The van der Waals surface area contributed by atoms with Gasteiger partial charge < -0.3 is 9.64 Å². The molecule has 3 rings (SSSR count). The monoisotopic (exact) mass is 337 g/mol. The summed E-state index contributed by atoms with van der Waals surface area (Å²) in [6.07, 6.45) is 2.24. The van der Waals surface area contributed by atoms with Crippen molar-refractivity contribution in [1.82, 2.24) is 14.7 Å². The molecule has 1 amide bonds. The number of carbonyl (C=O) groups excluding carboxylic acids is 1. The third-order valence-electron chi connectivity index (χ3n) is 4.34. The van der Waals surface area contributed by atoms with Gasteiger partial charge in [0.1, 0.15) is 5.75 Å². The smallest absolute Gasteiger partial charge is 0.224 e. The third kappa shape index (κ3) is 3.99. The number of hydrogen-bond acceptors (Lipinski definition) is 3. The fraction of sp³-hybridized carbons (Fsp3) is 0.300. The maximum Gasteiger partial charge on any atom is 0.224 e. The molecule has 0 aliphatic heterocycles. The lowest BCUT2D eigenvalue weighted by atomic mass is 10.2. The Morgan fingerprint density at radius 2 is 2.00 bits per heavy atom. The van der Waals surface area contributed by atoms with Crippen LogP contribution in [0, 0.1) is 0 Å². The molecule has 0 unspecified atom stereocenters. The van der Waals surface area contributed by atoms with Gasteiger partial charge >= 0.3 is 0 Å². The minimum Gasteiger partial charge on any atom is -0.497 e. The molecule has 0 aliphatic carbocycles. The van der Waals surface area contributed by atoms with E-state index in [0.29, 0.717) is 26.1 Å². The van der Waals surface area contributed by atoms with E-state index in [2.05, 4.69) is 5.10 Å². The topological polar surface area (TPSA) is 47.4 Å². The highest BCUT2D eigenvalue weighted by molar-refractivity contribution is 5.80. The first-order valence-electron chi connectivity index (χ1n) is 8.52. The summed E-state index contributed by atoms with van der Waals surface area (Å²) >= 11 is 0. The summed E-state index contributed by atoms with van der Waals surface area (Å²) < 4.78 is 7.11. The van der Waals surface area contributed by atoms with Crippen LogP contribution in [0.2, 0.25) is 0 Å². The fourth-order valence-corrected chi connectivity index (χ4v) is 2.91. The second-order valence-corrected chi connectivity index (χ2v) is 5.94. The number of rotatable bonds is 7. The van der Waals surface area contributed by atoms with Gasteiger partial charge in [0.15, 0.2) is 0 Å². The summed E-state index contributed by atoms with van der Waals surface area (Å²) in [5.41, 5.74) is 2.16. The van der Waals surface area contributed by atoms with E-state index in [9.17, 15) is 4.79 Å². The summed E-state index contributed by atoms with van der Waals surface area (Å²) in [7, 11) is 1.65. The van der Waals surface area contributed by atoms with Crippen LogP contribution in [0.5, 0.6) is 5.75 Å². The Bertz CT molecular complexity index is 843. The van der Waals surface area contributed by atoms with Crippen LogP contribution in [0.25, 0.3) is 10.9 Å². The maximum atomic E-state index is 12.6. The van der Waals surface area contributed by atoms with Crippen LogP contribution in [0.3, 0.4) is 0 Å². The van der Waals surface area contributed by atoms with Crippen molar-refractivity contribution >= 4 is 16.8 Å². The van der Waals surface area contributed by atoms with Gasteiger partial charge in [0.05, 0.1) is 25.4 Å². The zero-order valence-electron chi connectivity index (χ0n) is 14.7. The predicted molar refractivity (Wildman–Crippen MR) is 98.4 cm³/mol. The number of fused-ring (bicyclic) bond motifs is 1. The molecule has 0 atom stereocenters. The van der Waals surface area contributed by atoms with Crippen molar-refractivity contribution in [3.8, 4) is 5.75 Å². The standard InChI is InChI=1S/C20H23N3O2/c1-3-22(15-16-7-5-4-6-8-16)20(24)11-12-23-19-10-9-18(25-2)13-17(19)14-21-23/h4-10,13-14H,3,11-12,15H2,1-2H3. The SMILES string of the molecule is CCN(Cc1ccccc1)C(=O)CCn1ncc2cc(OC)ccc21. The molecule has 25 heavy (non-hydrogen) atoms. The number of carbonyl (C=O) groups is 1. The van der Waals surface area contributed by atoms with E-state index in [-0.39, 0.29) is 5.91 Å². The summed E-state index contributed by atoms with van der Waals surface area (Å²) in [5.74, 6) is 0.951. The van der Waals surface area contributed by atoms with Crippen LogP contribution < -0.4 is 4.74 Å². The van der Waals surface area contributed by atoms with E-state index in [1.807, 2.05) is 71.2 Å². The Labute approximate surface area is 147 Å². The first kappa shape index (κ1) is 17.0. The Kier molecular flexibility index (Phi) is 5.33. The zero-order valence-corrected chi connectivity index (χ0v) is 14.7. The van der Waals surface area contributed by atoms with E-state index in [1.165, 1.54) is 0 Å². The highest BCUT2D eigenvalue weighted by atomic mass is 16.5. The molecule has 0 bridgehead atoms. The normalized spacial score (nSPS) is 10.8. The summed E-state index contributed by atoms with van der Waals surface area (Å²) in [5, 5.41) is 5.42. The van der Waals surface area contributed by atoms with Gasteiger partial charge in [-0.3, -0.25) is 9.48 Å². The second-order valence-electron chi connectivity index (χ2n) is 5.94. The third-order valence-corrected chi connectivity index (χ3v) is 4.34. The molecule has 1 heterocycles. The van der Waals surface area contributed by atoms with Gasteiger partial charge in [0.2, 0.25) is 5.91 Å². The van der Waals surface area contributed by atoms with E-state index in [1.54, 1.807) is 7.11 Å². The summed E-state index contributed by atoms with van der Waals surface area (Å²) in [6, 6.07) is 15.9. The highest BCUT2D eigenvalue weighted by Crippen LogP contribution is 2.20. The molecule has 0 saturated heterocycles. The van der Waals surface area contributed by atoms with Crippen LogP contribution in [-0.4, -0.2) is 34.2 Å². The van der Waals surface area contributed by atoms with Crippen LogP contribution in [0.15, 0.2) is 54.7 Å². The number of methoxy groups -OCH3 is 1. The van der Waals surface area contributed by atoms with Gasteiger partial charge in [-0.1, -0.05) is 30.3 Å². The van der Waals surface area contributed by atoms with Gasteiger partial charge in [-0.15, -0.1) is 0 Å². The highest BCUT2D eigenvalue weighted by Gasteiger charge is 2.13. The number of nitrogens with zero attached hydrogens (tertiary/aromatic N) is 3. The molecular weight excluding hydrogens is 314 g/mol. The van der Waals surface area contributed by atoms with Crippen molar-refractivity contribution in [3.05, 3.63) is 60.3 Å². The number of hydrogen-bond donors (Lipinski definition) is 0. The average Bonchev–Trinajstić information content (AvgIpc) is 3.07. The van der Waals surface area contributed by atoms with Gasteiger partial charge in [-0.25, -0.2) is 0 Å². The first-order chi connectivity index (χ1) is 12.2. The lowest BCUT2D eigenvalue weighted by Crippen LogP contribution is -2.31. The van der Waals surface area contributed by atoms with Gasteiger partial charge in [-0.05, 0) is 30.7 Å². The molecule has 3 aromatic rings. The number of aromatic nitrogens is 2. The van der Waals surface area contributed by atoms with Crippen molar-refractivity contribution < 1.29 is 9.53 Å².